The highest BCUT2D eigenvalue weighted by molar-refractivity contribution is 7.17. The Morgan fingerprint density at radius 3 is 2.80 bits per heavy atom. The average Bonchev–Trinajstić information content (AvgIpc) is 3.08. The zero-order chi connectivity index (χ0) is 13.9. The number of carbonyl (C=O) groups is 1. The van der Waals surface area contributed by atoms with Crippen LogP contribution in [0.4, 0.5) is 0 Å². The number of thiophene rings is 2. The van der Waals surface area contributed by atoms with E-state index in [1.807, 2.05) is 41.1 Å². The molecular weight excluding hydrogens is 288 g/mol. The van der Waals surface area contributed by atoms with Gasteiger partial charge in [0.15, 0.2) is 0 Å². The molecule has 20 heavy (non-hydrogen) atoms. The minimum absolute atomic E-state index is 0.342. The van der Waals surface area contributed by atoms with Crippen molar-refractivity contribution in [2.45, 2.75) is 12.6 Å². The molecular formula is C15H14N2OS2. The molecule has 0 aliphatic carbocycles. The van der Waals surface area contributed by atoms with E-state index in [1.165, 1.54) is 9.58 Å². The lowest BCUT2D eigenvalue weighted by Gasteiger charge is -2.14. The summed E-state index contributed by atoms with van der Waals surface area (Å²) in [5, 5.41) is 8.40. The Bertz CT molecular complexity index is 718. The first kappa shape index (κ1) is 13.3. The lowest BCUT2D eigenvalue weighted by atomic mass is 10.1. The zero-order valence-electron chi connectivity index (χ0n) is 10.7. The Morgan fingerprint density at radius 1 is 1.20 bits per heavy atom. The third kappa shape index (κ3) is 2.60. The van der Waals surface area contributed by atoms with Gasteiger partial charge in [0.1, 0.15) is 6.04 Å². The van der Waals surface area contributed by atoms with Crippen molar-refractivity contribution in [1.82, 2.24) is 5.32 Å². The number of rotatable bonds is 5. The number of carbonyl (C=O) groups excluding carboxylic acids is 1. The van der Waals surface area contributed by atoms with Gasteiger partial charge < -0.3 is 5.73 Å². The average molecular weight is 302 g/mol. The second kappa shape index (κ2) is 5.75. The summed E-state index contributed by atoms with van der Waals surface area (Å²) in [5.74, 6) is -0.342. The van der Waals surface area contributed by atoms with Crippen LogP contribution in [0.5, 0.6) is 0 Å². The van der Waals surface area contributed by atoms with Crippen LogP contribution in [0.3, 0.4) is 0 Å². The van der Waals surface area contributed by atoms with Crippen LogP contribution in [0.25, 0.3) is 10.1 Å². The lowest BCUT2D eigenvalue weighted by Crippen LogP contribution is -2.32. The van der Waals surface area contributed by atoms with Gasteiger partial charge in [0.2, 0.25) is 5.91 Å². The predicted molar refractivity (Wildman–Crippen MR) is 84.9 cm³/mol. The molecule has 0 saturated heterocycles. The molecule has 5 heteroatoms. The van der Waals surface area contributed by atoms with E-state index < -0.39 is 6.04 Å². The number of amides is 1. The molecule has 2 heterocycles. The molecule has 102 valence electrons. The van der Waals surface area contributed by atoms with Gasteiger partial charge in [-0.3, -0.25) is 10.1 Å². The highest BCUT2D eigenvalue weighted by atomic mass is 32.1. The van der Waals surface area contributed by atoms with Gasteiger partial charge in [0, 0.05) is 16.1 Å². The Labute approximate surface area is 125 Å². The molecule has 0 fully saturated rings. The summed E-state index contributed by atoms with van der Waals surface area (Å²) in [6.45, 7) is 0.648. The Balaban J connectivity index is 1.88. The van der Waals surface area contributed by atoms with Gasteiger partial charge in [-0.05, 0) is 33.8 Å². The molecule has 0 spiro atoms. The van der Waals surface area contributed by atoms with Crippen LogP contribution in [0, 0.1) is 0 Å². The van der Waals surface area contributed by atoms with Crippen molar-refractivity contribution >= 4 is 38.7 Å². The minimum Gasteiger partial charge on any atom is -0.368 e. The fourth-order valence-electron chi connectivity index (χ4n) is 2.20. The van der Waals surface area contributed by atoms with Crippen molar-refractivity contribution in [3.05, 3.63) is 57.6 Å². The highest BCUT2D eigenvalue weighted by Crippen LogP contribution is 2.30. The largest absolute Gasteiger partial charge is 0.368 e. The second-order valence-electron chi connectivity index (χ2n) is 4.48. The summed E-state index contributed by atoms with van der Waals surface area (Å²) in [6, 6.07) is 11.7. The number of nitrogens with two attached hydrogens (primary N) is 1. The van der Waals surface area contributed by atoms with E-state index >= 15 is 0 Å². The van der Waals surface area contributed by atoms with E-state index in [1.54, 1.807) is 22.7 Å². The molecule has 0 radical (unpaired) electrons. The minimum atomic E-state index is -0.451. The fraction of sp³-hybridized carbons (Fsp3) is 0.133. The van der Waals surface area contributed by atoms with Crippen LogP contribution in [0.2, 0.25) is 0 Å². The molecule has 1 unspecified atom stereocenters. The molecule has 0 saturated carbocycles. The van der Waals surface area contributed by atoms with Gasteiger partial charge in [-0.2, -0.15) is 0 Å². The molecule has 1 amide bonds. The van der Waals surface area contributed by atoms with Gasteiger partial charge in [0.25, 0.3) is 0 Å². The van der Waals surface area contributed by atoms with E-state index in [0.717, 1.165) is 10.9 Å². The number of benzene rings is 1. The second-order valence-corrected chi connectivity index (χ2v) is 6.43. The number of primary amides is 1. The molecule has 0 bridgehead atoms. The molecule has 3 rings (SSSR count). The highest BCUT2D eigenvalue weighted by Gasteiger charge is 2.20. The Hall–Kier alpha value is -1.69. The van der Waals surface area contributed by atoms with Gasteiger partial charge in [-0.1, -0.05) is 24.3 Å². The SMILES string of the molecule is NC(=O)C(NCc1cccs1)c1csc2ccccc12. The van der Waals surface area contributed by atoms with Crippen LogP contribution in [0.15, 0.2) is 47.2 Å². The van der Waals surface area contributed by atoms with E-state index in [9.17, 15) is 4.79 Å². The molecule has 0 aliphatic rings. The summed E-state index contributed by atoms with van der Waals surface area (Å²) in [5.41, 5.74) is 6.53. The van der Waals surface area contributed by atoms with Gasteiger partial charge in [-0.25, -0.2) is 0 Å². The summed E-state index contributed by atoms with van der Waals surface area (Å²) >= 11 is 3.30. The van der Waals surface area contributed by atoms with E-state index in [4.69, 9.17) is 5.73 Å². The number of nitrogens with one attached hydrogen (secondary N) is 1. The van der Waals surface area contributed by atoms with Crippen molar-refractivity contribution in [2.75, 3.05) is 0 Å². The fourth-order valence-corrected chi connectivity index (χ4v) is 3.84. The maximum Gasteiger partial charge on any atom is 0.239 e. The van der Waals surface area contributed by atoms with Crippen molar-refractivity contribution in [3.8, 4) is 0 Å². The van der Waals surface area contributed by atoms with Gasteiger partial charge >= 0.3 is 0 Å². The first-order valence-corrected chi connectivity index (χ1v) is 8.03. The zero-order valence-corrected chi connectivity index (χ0v) is 12.3. The molecule has 3 aromatic rings. The molecule has 0 aliphatic heterocycles. The van der Waals surface area contributed by atoms with E-state index in [0.29, 0.717) is 6.54 Å². The third-order valence-electron chi connectivity index (χ3n) is 3.17. The van der Waals surface area contributed by atoms with E-state index in [2.05, 4.69) is 11.4 Å². The molecule has 1 aromatic carbocycles. The summed E-state index contributed by atoms with van der Waals surface area (Å²) < 4.78 is 1.17. The maximum atomic E-state index is 11.8. The number of hydrogen-bond donors (Lipinski definition) is 2. The number of fused-ring (bicyclic) bond motifs is 1. The topological polar surface area (TPSA) is 55.1 Å². The normalized spacial score (nSPS) is 12.6. The van der Waals surface area contributed by atoms with Gasteiger partial charge in [-0.15, -0.1) is 22.7 Å². The summed E-state index contributed by atoms with van der Waals surface area (Å²) in [4.78, 5) is 13.0. The van der Waals surface area contributed by atoms with Crippen molar-refractivity contribution in [2.24, 2.45) is 5.73 Å². The maximum absolute atomic E-state index is 11.8. The predicted octanol–water partition coefficient (Wildman–Crippen LogP) is 3.28. The Kier molecular flexibility index (Phi) is 3.82. The van der Waals surface area contributed by atoms with Crippen LogP contribution < -0.4 is 11.1 Å². The monoisotopic (exact) mass is 302 g/mol. The first-order chi connectivity index (χ1) is 9.75. The molecule has 3 N–H and O–H groups in total. The van der Waals surface area contributed by atoms with Crippen molar-refractivity contribution < 1.29 is 4.79 Å². The standard InChI is InChI=1S/C15H14N2OS2/c16-15(18)14(17-8-10-4-3-7-19-10)12-9-20-13-6-2-1-5-11(12)13/h1-7,9,14,17H,8H2,(H2,16,18). The van der Waals surface area contributed by atoms with Crippen molar-refractivity contribution in [1.29, 1.82) is 0 Å². The van der Waals surface area contributed by atoms with Crippen LogP contribution in [-0.2, 0) is 11.3 Å². The lowest BCUT2D eigenvalue weighted by molar-refractivity contribution is -0.120. The first-order valence-electron chi connectivity index (χ1n) is 6.27. The molecule has 1 atom stereocenters. The smallest absolute Gasteiger partial charge is 0.239 e. The van der Waals surface area contributed by atoms with Crippen LogP contribution in [0.1, 0.15) is 16.5 Å². The molecule has 2 aromatic heterocycles. The van der Waals surface area contributed by atoms with Crippen LogP contribution in [-0.4, -0.2) is 5.91 Å². The summed E-state index contributed by atoms with van der Waals surface area (Å²) in [6.07, 6.45) is 0. The van der Waals surface area contributed by atoms with Crippen LogP contribution >= 0.6 is 22.7 Å². The van der Waals surface area contributed by atoms with Crippen molar-refractivity contribution in [3.63, 3.8) is 0 Å². The quantitative estimate of drug-likeness (QED) is 0.760. The Morgan fingerprint density at radius 2 is 2.05 bits per heavy atom. The van der Waals surface area contributed by atoms with Gasteiger partial charge in [0.05, 0.1) is 0 Å². The third-order valence-corrected chi connectivity index (χ3v) is 5.03. The van der Waals surface area contributed by atoms with E-state index in [-0.39, 0.29) is 5.91 Å². The summed E-state index contributed by atoms with van der Waals surface area (Å²) in [7, 11) is 0. The molecule has 3 nitrogen and oxygen atoms in total. The number of hydrogen-bond acceptors (Lipinski definition) is 4.